The van der Waals surface area contributed by atoms with Crippen molar-refractivity contribution in [2.75, 3.05) is 6.61 Å². The van der Waals surface area contributed by atoms with Gasteiger partial charge in [-0.2, -0.15) is 0 Å². The Labute approximate surface area is 106 Å². The number of nitrogens with one attached hydrogen (secondary N) is 1. The maximum atomic E-state index is 11.7. The molecule has 5 nitrogen and oxygen atoms in total. The fourth-order valence-corrected chi connectivity index (χ4v) is 1.49. The number of Topliss-reactive ketones (excluding diaryl/α,β-unsaturated/α-hetero) is 2. The molecular formula is C13H17NO4. The third-order valence-corrected chi connectivity index (χ3v) is 2.64. The zero-order valence-corrected chi connectivity index (χ0v) is 10.6. The number of ether oxygens (including phenoxy) is 1. The summed E-state index contributed by atoms with van der Waals surface area (Å²) < 4.78 is 4.75. The molecule has 0 amide bonds. The molecule has 0 fully saturated rings. The van der Waals surface area contributed by atoms with Gasteiger partial charge in [0.25, 0.3) is 0 Å². The van der Waals surface area contributed by atoms with Crippen LogP contribution in [0.4, 0.5) is 0 Å². The van der Waals surface area contributed by atoms with E-state index in [1.54, 1.807) is 25.4 Å². The van der Waals surface area contributed by atoms with Crippen LogP contribution in [0, 0.1) is 5.92 Å². The van der Waals surface area contributed by atoms with Gasteiger partial charge in [-0.3, -0.25) is 14.4 Å². The second-order valence-electron chi connectivity index (χ2n) is 3.96. The van der Waals surface area contributed by atoms with Crippen molar-refractivity contribution in [3.05, 3.63) is 24.0 Å². The number of H-pyrrole nitrogens is 1. The summed E-state index contributed by atoms with van der Waals surface area (Å²) in [5.74, 6) is -1.71. The Balaban J connectivity index is 2.41. The number of hydrogen-bond donors (Lipinski definition) is 1. The SMILES string of the molecule is CCOC(=O)[C@H](C)C(=O)CCC(=O)c1cc[nH]c1. The average Bonchev–Trinajstić information content (AvgIpc) is 2.88. The van der Waals surface area contributed by atoms with E-state index in [2.05, 4.69) is 4.98 Å². The van der Waals surface area contributed by atoms with Crippen molar-refractivity contribution in [2.24, 2.45) is 5.92 Å². The predicted molar refractivity (Wildman–Crippen MR) is 65.2 cm³/mol. The zero-order valence-electron chi connectivity index (χ0n) is 10.6. The molecule has 0 unspecified atom stereocenters. The van der Waals surface area contributed by atoms with E-state index < -0.39 is 11.9 Å². The van der Waals surface area contributed by atoms with Crippen LogP contribution in [0.2, 0.25) is 0 Å². The summed E-state index contributed by atoms with van der Waals surface area (Å²) in [7, 11) is 0. The van der Waals surface area contributed by atoms with Gasteiger partial charge in [0.1, 0.15) is 11.7 Å². The first-order chi connectivity index (χ1) is 8.56. The molecule has 0 spiro atoms. The molecule has 1 N–H and O–H groups in total. The number of carbonyl (C=O) groups excluding carboxylic acids is 3. The highest BCUT2D eigenvalue weighted by Gasteiger charge is 2.23. The van der Waals surface area contributed by atoms with Gasteiger partial charge < -0.3 is 9.72 Å². The van der Waals surface area contributed by atoms with Gasteiger partial charge in [0.2, 0.25) is 0 Å². The summed E-state index contributed by atoms with van der Waals surface area (Å²) in [6.07, 6.45) is 3.41. The van der Waals surface area contributed by atoms with Crippen LogP contribution in [0.3, 0.4) is 0 Å². The number of aromatic nitrogens is 1. The molecule has 0 aromatic carbocycles. The fraction of sp³-hybridized carbons (Fsp3) is 0.462. The molecule has 0 aliphatic heterocycles. The van der Waals surface area contributed by atoms with Crippen LogP contribution >= 0.6 is 0 Å². The smallest absolute Gasteiger partial charge is 0.316 e. The molecular weight excluding hydrogens is 234 g/mol. The minimum absolute atomic E-state index is 0.0595. The molecule has 5 heteroatoms. The van der Waals surface area contributed by atoms with Gasteiger partial charge in [-0.15, -0.1) is 0 Å². The summed E-state index contributed by atoms with van der Waals surface area (Å²) in [5, 5.41) is 0. The van der Waals surface area contributed by atoms with Crippen molar-refractivity contribution in [3.8, 4) is 0 Å². The number of ketones is 2. The first-order valence-corrected chi connectivity index (χ1v) is 5.91. The molecule has 18 heavy (non-hydrogen) atoms. The molecule has 98 valence electrons. The van der Waals surface area contributed by atoms with Gasteiger partial charge in [-0.1, -0.05) is 0 Å². The van der Waals surface area contributed by atoms with Crippen LogP contribution in [-0.2, 0) is 14.3 Å². The zero-order chi connectivity index (χ0) is 13.5. The summed E-state index contributed by atoms with van der Waals surface area (Å²) in [5.41, 5.74) is 0.548. The van der Waals surface area contributed by atoms with Gasteiger partial charge in [0.15, 0.2) is 5.78 Å². The van der Waals surface area contributed by atoms with Crippen LogP contribution in [0.5, 0.6) is 0 Å². The van der Waals surface area contributed by atoms with Gasteiger partial charge in [0.05, 0.1) is 6.61 Å². The monoisotopic (exact) mass is 251 g/mol. The van der Waals surface area contributed by atoms with Crippen molar-refractivity contribution in [1.29, 1.82) is 0 Å². The first kappa shape index (κ1) is 14.2. The fourth-order valence-electron chi connectivity index (χ4n) is 1.49. The van der Waals surface area contributed by atoms with E-state index >= 15 is 0 Å². The minimum Gasteiger partial charge on any atom is -0.465 e. The Morgan fingerprint density at radius 3 is 2.61 bits per heavy atom. The maximum Gasteiger partial charge on any atom is 0.316 e. The number of carbonyl (C=O) groups is 3. The van der Waals surface area contributed by atoms with Crippen molar-refractivity contribution in [1.82, 2.24) is 4.98 Å². The second kappa shape index (κ2) is 6.74. The van der Waals surface area contributed by atoms with Gasteiger partial charge in [-0.05, 0) is 19.9 Å². The minimum atomic E-state index is -0.802. The third kappa shape index (κ3) is 3.84. The molecule has 1 aromatic rings. The van der Waals surface area contributed by atoms with Gasteiger partial charge in [-0.25, -0.2) is 0 Å². The van der Waals surface area contributed by atoms with Crippen LogP contribution in [0.25, 0.3) is 0 Å². The molecule has 0 radical (unpaired) electrons. The summed E-state index contributed by atoms with van der Waals surface area (Å²) in [6.45, 7) is 3.43. The number of esters is 1. The van der Waals surface area contributed by atoms with Crippen LogP contribution in [-0.4, -0.2) is 29.1 Å². The predicted octanol–water partition coefficient (Wildman–Crippen LogP) is 1.75. The van der Waals surface area contributed by atoms with Crippen LogP contribution in [0.1, 0.15) is 37.0 Å². The van der Waals surface area contributed by atoms with Crippen molar-refractivity contribution < 1.29 is 19.1 Å². The molecule has 0 saturated heterocycles. The van der Waals surface area contributed by atoms with E-state index in [9.17, 15) is 14.4 Å². The Morgan fingerprint density at radius 2 is 2.06 bits per heavy atom. The van der Waals surface area contributed by atoms with Crippen LogP contribution < -0.4 is 0 Å². The topological polar surface area (TPSA) is 76.2 Å². The van der Waals surface area contributed by atoms with E-state index in [1.807, 2.05) is 0 Å². The van der Waals surface area contributed by atoms with E-state index in [0.29, 0.717) is 5.56 Å². The Morgan fingerprint density at radius 1 is 1.33 bits per heavy atom. The van der Waals surface area contributed by atoms with E-state index in [0.717, 1.165) is 0 Å². The average molecular weight is 251 g/mol. The second-order valence-corrected chi connectivity index (χ2v) is 3.96. The van der Waals surface area contributed by atoms with Crippen molar-refractivity contribution in [2.45, 2.75) is 26.7 Å². The first-order valence-electron chi connectivity index (χ1n) is 5.91. The molecule has 0 saturated carbocycles. The highest BCUT2D eigenvalue weighted by Crippen LogP contribution is 2.09. The van der Waals surface area contributed by atoms with E-state index in [1.165, 1.54) is 6.92 Å². The highest BCUT2D eigenvalue weighted by molar-refractivity contribution is 6.02. The van der Waals surface area contributed by atoms with Crippen molar-refractivity contribution >= 4 is 17.5 Å². The molecule has 1 heterocycles. The summed E-state index contributed by atoms with van der Waals surface area (Å²) >= 11 is 0. The normalized spacial score (nSPS) is 11.9. The van der Waals surface area contributed by atoms with Gasteiger partial charge >= 0.3 is 5.97 Å². The number of rotatable bonds is 7. The molecule has 0 aliphatic rings. The lowest BCUT2D eigenvalue weighted by Crippen LogP contribution is -2.23. The third-order valence-electron chi connectivity index (χ3n) is 2.64. The van der Waals surface area contributed by atoms with Crippen molar-refractivity contribution in [3.63, 3.8) is 0 Å². The molecule has 0 bridgehead atoms. The van der Waals surface area contributed by atoms with Gasteiger partial charge in [0, 0.05) is 30.8 Å². The molecule has 1 rings (SSSR count). The lowest BCUT2D eigenvalue weighted by molar-refractivity contribution is -0.150. The number of hydrogen-bond acceptors (Lipinski definition) is 4. The van der Waals surface area contributed by atoms with E-state index in [4.69, 9.17) is 4.74 Å². The van der Waals surface area contributed by atoms with E-state index in [-0.39, 0.29) is 31.0 Å². The standard InChI is InChI=1S/C13H17NO4/c1-3-18-13(17)9(2)11(15)4-5-12(16)10-6-7-14-8-10/h6-9,14H,3-5H2,1-2H3/t9-/m1/s1. The molecule has 1 aromatic heterocycles. The summed E-state index contributed by atoms with van der Waals surface area (Å²) in [6, 6.07) is 1.65. The van der Waals surface area contributed by atoms with Crippen LogP contribution in [0.15, 0.2) is 18.5 Å². The number of aromatic amines is 1. The lowest BCUT2D eigenvalue weighted by atomic mass is 10.00. The Bertz CT molecular complexity index is 422. The Kier molecular flexibility index (Phi) is 5.30. The lowest BCUT2D eigenvalue weighted by Gasteiger charge is -2.08. The highest BCUT2D eigenvalue weighted by atomic mass is 16.5. The molecule has 1 atom stereocenters. The largest absolute Gasteiger partial charge is 0.465 e. The summed E-state index contributed by atoms with van der Waals surface area (Å²) in [4.78, 5) is 37.4. The quantitative estimate of drug-likeness (QED) is 0.455. The molecule has 0 aliphatic carbocycles. The maximum absolute atomic E-state index is 11.7. The Hall–Kier alpha value is -1.91.